The first-order valence-electron chi connectivity index (χ1n) is 6.95. The largest absolute Gasteiger partial charge is 0.399 e. The fourth-order valence-corrected chi connectivity index (χ4v) is 4.59. The summed E-state index contributed by atoms with van der Waals surface area (Å²) in [5, 5.41) is 2.67. The third-order valence-corrected chi connectivity index (χ3v) is 6.26. The number of hydrogen-bond acceptors (Lipinski definition) is 4. The van der Waals surface area contributed by atoms with Gasteiger partial charge in [-0.15, -0.1) is 0 Å². The predicted octanol–water partition coefficient (Wildman–Crippen LogP) is 2.61. The fraction of sp³-hybridized carbons (Fsp3) is 0.500. The van der Waals surface area contributed by atoms with Gasteiger partial charge in [0, 0.05) is 12.1 Å². The average molecular weight is 331 g/mol. The highest BCUT2D eigenvalue weighted by molar-refractivity contribution is 7.92. The van der Waals surface area contributed by atoms with E-state index < -0.39 is 9.84 Å². The lowest BCUT2D eigenvalue weighted by molar-refractivity contribution is -0.115. The maximum Gasteiger partial charge on any atom is 0.225 e. The second-order valence-electron chi connectivity index (χ2n) is 5.31. The van der Waals surface area contributed by atoms with E-state index in [0.717, 1.165) is 12.8 Å². The van der Waals surface area contributed by atoms with Gasteiger partial charge in [0.25, 0.3) is 0 Å². The number of rotatable bonds is 5. The van der Waals surface area contributed by atoms with Crippen molar-refractivity contribution in [2.45, 2.75) is 37.4 Å². The number of nitrogens with two attached hydrogens (primary N) is 1. The molecule has 1 fully saturated rings. The zero-order chi connectivity index (χ0) is 15.5. The van der Waals surface area contributed by atoms with Crippen molar-refractivity contribution in [3.63, 3.8) is 0 Å². The molecular weight excluding hydrogens is 312 g/mol. The second kappa shape index (κ2) is 6.66. The number of sulfone groups is 1. The molecule has 0 bridgehead atoms. The highest BCUT2D eigenvalue weighted by atomic mass is 35.5. The number of anilines is 2. The van der Waals surface area contributed by atoms with E-state index in [2.05, 4.69) is 5.32 Å². The van der Waals surface area contributed by atoms with Crippen molar-refractivity contribution in [3.8, 4) is 0 Å². The summed E-state index contributed by atoms with van der Waals surface area (Å²) in [5.74, 6) is -0.473. The van der Waals surface area contributed by atoms with E-state index in [9.17, 15) is 13.2 Å². The van der Waals surface area contributed by atoms with Crippen LogP contribution in [0.1, 0.15) is 32.1 Å². The van der Waals surface area contributed by atoms with Crippen molar-refractivity contribution in [1.82, 2.24) is 0 Å². The van der Waals surface area contributed by atoms with Crippen LogP contribution in [-0.4, -0.2) is 25.3 Å². The molecule has 0 unspecified atom stereocenters. The van der Waals surface area contributed by atoms with Crippen LogP contribution in [0, 0.1) is 0 Å². The number of nitrogens with one attached hydrogen (secondary N) is 1. The van der Waals surface area contributed by atoms with Crippen molar-refractivity contribution in [2.24, 2.45) is 0 Å². The molecule has 0 spiro atoms. The molecule has 5 nitrogen and oxygen atoms in total. The number of nitrogen functional groups attached to an aromatic ring is 1. The molecule has 116 valence electrons. The van der Waals surface area contributed by atoms with Crippen LogP contribution in [0.4, 0.5) is 11.4 Å². The lowest BCUT2D eigenvalue weighted by Gasteiger charge is -2.11. The van der Waals surface area contributed by atoms with E-state index in [1.807, 2.05) is 0 Å². The fourth-order valence-electron chi connectivity index (χ4n) is 2.49. The number of carbonyl (C=O) groups is 1. The van der Waals surface area contributed by atoms with Crippen LogP contribution < -0.4 is 11.1 Å². The molecule has 0 heterocycles. The van der Waals surface area contributed by atoms with Crippen LogP contribution in [0.15, 0.2) is 18.2 Å². The maximum atomic E-state index is 12.1. The van der Waals surface area contributed by atoms with Gasteiger partial charge in [-0.3, -0.25) is 4.79 Å². The smallest absolute Gasteiger partial charge is 0.225 e. The molecule has 2 rings (SSSR count). The van der Waals surface area contributed by atoms with Gasteiger partial charge in [0.05, 0.1) is 21.7 Å². The molecule has 0 radical (unpaired) electrons. The van der Waals surface area contributed by atoms with Crippen molar-refractivity contribution < 1.29 is 13.2 Å². The number of hydrogen-bond donors (Lipinski definition) is 2. The molecule has 1 amide bonds. The van der Waals surface area contributed by atoms with Gasteiger partial charge in [-0.2, -0.15) is 0 Å². The molecule has 0 aromatic heterocycles. The molecule has 0 atom stereocenters. The number of halogens is 1. The minimum atomic E-state index is -3.18. The summed E-state index contributed by atoms with van der Waals surface area (Å²) in [6.07, 6.45) is 3.29. The summed E-state index contributed by atoms with van der Waals surface area (Å²) in [7, 11) is -3.18. The van der Waals surface area contributed by atoms with Crippen molar-refractivity contribution in [2.75, 3.05) is 16.8 Å². The molecule has 0 saturated heterocycles. The van der Waals surface area contributed by atoms with Crippen LogP contribution in [0.3, 0.4) is 0 Å². The Morgan fingerprint density at radius 3 is 2.62 bits per heavy atom. The van der Waals surface area contributed by atoms with Gasteiger partial charge in [-0.05, 0) is 31.0 Å². The molecule has 1 aromatic rings. The average Bonchev–Trinajstić information content (AvgIpc) is 2.95. The summed E-state index contributed by atoms with van der Waals surface area (Å²) in [6.45, 7) is 0. The Morgan fingerprint density at radius 1 is 1.33 bits per heavy atom. The summed E-state index contributed by atoms with van der Waals surface area (Å²) >= 11 is 5.95. The van der Waals surface area contributed by atoms with E-state index in [-0.39, 0.29) is 23.3 Å². The molecule has 1 aliphatic rings. The molecular formula is C14H19ClN2O3S. The molecule has 1 aromatic carbocycles. The minimum Gasteiger partial charge on any atom is -0.399 e. The monoisotopic (exact) mass is 330 g/mol. The Hall–Kier alpha value is -1.27. The van der Waals surface area contributed by atoms with E-state index >= 15 is 0 Å². The van der Waals surface area contributed by atoms with E-state index in [1.54, 1.807) is 12.1 Å². The van der Waals surface area contributed by atoms with E-state index in [0.29, 0.717) is 29.2 Å². The Balaban J connectivity index is 1.90. The van der Waals surface area contributed by atoms with Crippen molar-refractivity contribution >= 4 is 38.7 Å². The first-order valence-corrected chi connectivity index (χ1v) is 9.04. The molecule has 1 aliphatic carbocycles. The highest BCUT2D eigenvalue weighted by Crippen LogP contribution is 2.26. The van der Waals surface area contributed by atoms with E-state index in [4.69, 9.17) is 17.3 Å². The number of amides is 1. The van der Waals surface area contributed by atoms with Crippen LogP contribution in [0.2, 0.25) is 5.02 Å². The Morgan fingerprint density at radius 2 is 2.00 bits per heavy atom. The zero-order valence-corrected chi connectivity index (χ0v) is 13.2. The van der Waals surface area contributed by atoms with Crippen LogP contribution >= 0.6 is 11.6 Å². The van der Waals surface area contributed by atoms with Crippen molar-refractivity contribution in [1.29, 1.82) is 0 Å². The maximum absolute atomic E-state index is 12.1. The minimum absolute atomic E-state index is 0.0560. The van der Waals surface area contributed by atoms with Gasteiger partial charge in [0.1, 0.15) is 0 Å². The first-order chi connectivity index (χ1) is 9.88. The van der Waals surface area contributed by atoms with E-state index in [1.165, 1.54) is 6.07 Å². The summed E-state index contributed by atoms with van der Waals surface area (Å²) in [6, 6.07) is 4.75. The third-order valence-electron chi connectivity index (χ3n) is 3.69. The normalized spacial score (nSPS) is 16.0. The Labute approximate surface area is 129 Å². The molecule has 1 saturated carbocycles. The number of carbonyl (C=O) groups excluding carboxylic acids is 1. The lowest BCUT2D eigenvalue weighted by Crippen LogP contribution is -2.24. The first kappa shape index (κ1) is 16.1. The van der Waals surface area contributed by atoms with Crippen molar-refractivity contribution in [3.05, 3.63) is 23.2 Å². The van der Waals surface area contributed by atoms with Crippen LogP contribution in [0.5, 0.6) is 0 Å². The van der Waals surface area contributed by atoms with Crippen LogP contribution in [0.25, 0.3) is 0 Å². The molecule has 7 heteroatoms. The Bertz CT molecular complexity index is 625. The summed E-state index contributed by atoms with van der Waals surface area (Å²) < 4.78 is 24.2. The zero-order valence-electron chi connectivity index (χ0n) is 11.6. The highest BCUT2D eigenvalue weighted by Gasteiger charge is 2.28. The van der Waals surface area contributed by atoms with Gasteiger partial charge in [-0.1, -0.05) is 24.4 Å². The molecule has 21 heavy (non-hydrogen) atoms. The van der Waals surface area contributed by atoms with Gasteiger partial charge in [-0.25, -0.2) is 8.42 Å². The SMILES string of the molecule is Nc1ccc(NC(=O)CCS(=O)(=O)C2CCCC2)c(Cl)c1. The lowest BCUT2D eigenvalue weighted by atomic mass is 10.3. The van der Waals surface area contributed by atoms with Crippen LogP contribution in [-0.2, 0) is 14.6 Å². The van der Waals surface area contributed by atoms with Gasteiger partial charge >= 0.3 is 0 Å². The van der Waals surface area contributed by atoms with Gasteiger partial charge in [0.15, 0.2) is 9.84 Å². The van der Waals surface area contributed by atoms with Gasteiger partial charge < -0.3 is 11.1 Å². The summed E-state index contributed by atoms with van der Waals surface area (Å²) in [5.41, 5.74) is 6.51. The molecule has 3 N–H and O–H groups in total. The predicted molar refractivity (Wildman–Crippen MR) is 85.2 cm³/mol. The summed E-state index contributed by atoms with van der Waals surface area (Å²) in [4.78, 5) is 11.8. The Kier molecular flexibility index (Phi) is 5.11. The number of benzene rings is 1. The standard InChI is InChI=1S/C14H19ClN2O3S/c15-12-9-10(16)5-6-13(12)17-14(18)7-8-21(19,20)11-3-1-2-4-11/h5-6,9,11H,1-4,7-8,16H2,(H,17,18). The second-order valence-corrected chi connectivity index (χ2v) is 8.12. The molecule has 0 aliphatic heterocycles. The quantitative estimate of drug-likeness (QED) is 0.812. The third kappa shape index (κ3) is 4.35. The van der Waals surface area contributed by atoms with Gasteiger partial charge in [0.2, 0.25) is 5.91 Å². The topological polar surface area (TPSA) is 89.3 Å².